The number of benzene rings is 1. The van der Waals surface area contributed by atoms with Crippen molar-refractivity contribution in [2.45, 2.75) is 47.1 Å². The van der Waals surface area contributed by atoms with Crippen LogP contribution in [0.1, 0.15) is 48.0 Å². The summed E-state index contributed by atoms with van der Waals surface area (Å²) in [4.78, 5) is 6.13. The molecule has 0 fully saturated rings. The Labute approximate surface area is 126 Å². The SMILES string of the molecule is CCCNC(C)c1sc(-c2ccc(C)cc2C)nc1C. The maximum absolute atomic E-state index is 4.78. The summed E-state index contributed by atoms with van der Waals surface area (Å²) in [6.45, 7) is 11.9. The van der Waals surface area contributed by atoms with Crippen LogP contribution in [0.15, 0.2) is 18.2 Å². The van der Waals surface area contributed by atoms with Crippen LogP contribution in [0, 0.1) is 20.8 Å². The maximum Gasteiger partial charge on any atom is 0.124 e. The van der Waals surface area contributed by atoms with Gasteiger partial charge in [-0.2, -0.15) is 0 Å². The van der Waals surface area contributed by atoms with Crippen molar-refractivity contribution >= 4 is 11.3 Å². The van der Waals surface area contributed by atoms with Gasteiger partial charge in [-0.3, -0.25) is 0 Å². The largest absolute Gasteiger partial charge is 0.309 e. The van der Waals surface area contributed by atoms with Crippen molar-refractivity contribution < 1.29 is 0 Å². The van der Waals surface area contributed by atoms with Crippen LogP contribution in [0.25, 0.3) is 10.6 Å². The molecule has 0 bridgehead atoms. The number of nitrogens with one attached hydrogen (secondary N) is 1. The molecule has 20 heavy (non-hydrogen) atoms. The molecule has 108 valence electrons. The summed E-state index contributed by atoms with van der Waals surface area (Å²) >= 11 is 1.82. The number of hydrogen-bond acceptors (Lipinski definition) is 3. The normalized spacial score (nSPS) is 12.7. The highest BCUT2D eigenvalue weighted by atomic mass is 32.1. The van der Waals surface area contributed by atoms with Crippen LogP contribution >= 0.6 is 11.3 Å². The molecule has 1 N–H and O–H groups in total. The zero-order valence-corrected chi connectivity index (χ0v) is 13.9. The van der Waals surface area contributed by atoms with Crippen molar-refractivity contribution in [1.82, 2.24) is 10.3 Å². The van der Waals surface area contributed by atoms with Gasteiger partial charge in [0.2, 0.25) is 0 Å². The molecule has 3 heteroatoms. The molecule has 1 heterocycles. The van der Waals surface area contributed by atoms with Crippen LogP contribution in [-0.4, -0.2) is 11.5 Å². The first kappa shape index (κ1) is 15.2. The van der Waals surface area contributed by atoms with Crippen LogP contribution in [0.3, 0.4) is 0 Å². The average Bonchev–Trinajstić information content (AvgIpc) is 2.78. The van der Waals surface area contributed by atoms with Crippen LogP contribution in [0.4, 0.5) is 0 Å². The fraction of sp³-hybridized carbons (Fsp3) is 0.471. The van der Waals surface area contributed by atoms with Gasteiger partial charge in [0.05, 0.1) is 5.69 Å². The van der Waals surface area contributed by atoms with Gasteiger partial charge in [-0.1, -0.05) is 30.7 Å². The van der Waals surface area contributed by atoms with E-state index in [0.29, 0.717) is 6.04 Å². The third-order valence-corrected chi connectivity index (χ3v) is 4.91. The first-order chi connectivity index (χ1) is 9.52. The van der Waals surface area contributed by atoms with E-state index < -0.39 is 0 Å². The summed E-state index contributed by atoms with van der Waals surface area (Å²) in [5.74, 6) is 0. The number of aryl methyl sites for hydroxylation is 3. The molecule has 0 spiro atoms. The van der Waals surface area contributed by atoms with Gasteiger partial charge in [-0.05, 0) is 46.2 Å². The summed E-state index contributed by atoms with van der Waals surface area (Å²) < 4.78 is 0. The molecule has 1 aromatic carbocycles. The van der Waals surface area contributed by atoms with Gasteiger partial charge in [-0.25, -0.2) is 4.98 Å². The Morgan fingerprint density at radius 2 is 2.00 bits per heavy atom. The minimum Gasteiger partial charge on any atom is -0.309 e. The molecule has 2 aromatic rings. The summed E-state index contributed by atoms with van der Waals surface area (Å²) in [5, 5.41) is 4.69. The number of hydrogen-bond donors (Lipinski definition) is 1. The zero-order valence-electron chi connectivity index (χ0n) is 13.1. The highest BCUT2D eigenvalue weighted by molar-refractivity contribution is 7.15. The summed E-state index contributed by atoms with van der Waals surface area (Å²) in [7, 11) is 0. The number of nitrogens with zero attached hydrogens (tertiary/aromatic N) is 1. The fourth-order valence-electron chi connectivity index (χ4n) is 2.43. The molecule has 1 unspecified atom stereocenters. The molecule has 0 aliphatic carbocycles. The Bertz CT molecular complexity index is 587. The van der Waals surface area contributed by atoms with Gasteiger partial charge < -0.3 is 5.32 Å². The highest BCUT2D eigenvalue weighted by Gasteiger charge is 2.15. The minimum absolute atomic E-state index is 0.381. The second-order valence-corrected chi connectivity index (χ2v) is 6.49. The number of aromatic nitrogens is 1. The van der Waals surface area contributed by atoms with Crippen molar-refractivity contribution in [2.24, 2.45) is 0 Å². The Morgan fingerprint density at radius 3 is 2.65 bits per heavy atom. The van der Waals surface area contributed by atoms with E-state index in [-0.39, 0.29) is 0 Å². The molecule has 1 atom stereocenters. The quantitative estimate of drug-likeness (QED) is 0.855. The van der Waals surface area contributed by atoms with E-state index in [2.05, 4.69) is 58.1 Å². The lowest BCUT2D eigenvalue weighted by molar-refractivity contribution is 0.575. The van der Waals surface area contributed by atoms with E-state index in [9.17, 15) is 0 Å². The van der Waals surface area contributed by atoms with Gasteiger partial charge in [0.25, 0.3) is 0 Å². The topological polar surface area (TPSA) is 24.9 Å². The van der Waals surface area contributed by atoms with Crippen molar-refractivity contribution in [2.75, 3.05) is 6.54 Å². The van der Waals surface area contributed by atoms with Crippen molar-refractivity contribution in [3.63, 3.8) is 0 Å². The van der Waals surface area contributed by atoms with Crippen LogP contribution in [0.2, 0.25) is 0 Å². The molecule has 0 aliphatic rings. The van der Waals surface area contributed by atoms with E-state index in [1.54, 1.807) is 0 Å². The van der Waals surface area contributed by atoms with Crippen LogP contribution in [0.5, 0.6) is 0 Å². The molecular weight excluding hydrogens is 264 g/mol. The summed E-state index contributed by atoms with van der Waals surface area (Å²) in [6.07, 6.45) is 1.16. The lowest BCUT2D eigenvalue weighted by Gasteiger charge is -2.11. The Balaban J connectivity index is 2.30. The number of thiazole rings is 1. The van der Waals surface area contributed by atoms with Crippen molar-refractivity contribution in [3.05, 3.63) is 39.9 Å². The molecule has 1 aromatic heterocycles. The molecule has 0 radical (unpaired) electrons. The van der Waals surface area contributed by atoms with E-state index >= 15 is 0 Å². The maximum atomic E-state index is 4.78. The summed E-state index contributed by atoms with van der Waals surface area (Å²) in [6, 6.07) is 6.96. The third-order valence-electron chi connectivity index (χ3n) is 3.54. The standard InChI is InChI=1S/C17H24N2S/c1-6-9-18-13(4)16-14(5)19-17(20-16)15-8-7-11(2)10-12(15)3/h7-8,10,13,18H,6,9H2,1-5H3. The Morgan fingerprint density at radius 1 is 1.25 bits per heavy atom. The van der Waals surface area contributed by atoms with Crippen molar-refractivity contribution in [1.29, 1.82) is 0 Å². The predicted molar refractivity (Wildman–Crippen MR) is 88.5 cm³/mol. The van der Waals surface area contributed by atoms with E-state index in [1.807, 2.05) is 11.3 Å². The van der Waals surface area contributed by atoms with Gasteiger partial charge in [0.1, 0.15) is 5.01 Å². The average molecular weight is 288 g/mol. The first-order valence-corrected chi connectivity index (χ1v) is 8.13. The van der Waals surface area contributed by atoms with Crippen LogP contribution in [-0.2, 0) is 0 Å². The smallest absolute Gasteiger partial charge is 0.124 e. The Kier molecular flexibility index (Phi) is 4.95. The Hall–Kier alpha value is -1.19. The van der Waals surface area contributed by atoms with Crippen LogP contribution < -0.4 is 5.32 Å². The zero-order chi connectivity index (χ0) is 14.7. The third kappa shape index (κ3) is 3.28. The molecule has 2 nitrogen and oxygen atoms in total. The predicted octanol–water partition coefficient (Wildman–Crippen LogP) is 4.80. The minimum atomic E-state index is 0.381. The first-order valence-electron chi connectivity index (χ1n) is 7.31. The molecule has 0 saturated carbocycles. The highest BCUT2D eigenvalue weighted by Crippen LogP contribution is 2.33. The van der Waals surface area contributed by atoms with Crippen molar-refractivity contribution in [3.8, 4) is 10.6 Å². The lowest BCUT2D eigenvalue weighted by Crippen LogP contribution is -2.18. The van der Waals surface area contributed by atoms with E-state index in [4.69, 9.17) is 4.98 Å². The van der Waals surface area contributed by atoms with Gasteiger partial charge in [0, 0.05) is 16.5 Å². The monoisotopic (exact) mass is 288 g/mol. The van der Waals surface area contributed by atoms with E-state index in [1.165, 1.54) is 21.6 Å². The molecular formula is C17H24N2S. The molecule has 0 amide bonds. The summed E-state index contributed by atoms with van der Waals surface area (Å²) in [5.41, 5.74) is 5.02. The second-order valence-electron chi connectivity index (χ2n) is 5.46. The lowest BCUT2D eigenvalue weighted by atomic mass is 10.1. The van der Waals surface area contributed by atoms with E-state index in [0.717, 1.165) is 23.7 Å². The van der Waals surface area contributed by atoms with Gasteiger partial charge in [-0.15, -0.1) is 11.3 Å². The number of rotatable bonds is 5. The van der Waals surface area contributed by atoms with Gasteiger partial charge in [0.15, 0.2) is 0 Å². The molecule has 0 saturated heterocycles. The molecule has 2 rings (SSSR count). The second kappa shape index (κ2) is 6.51. The molecule has 0 aliphatic heterocycles. The van der Waals surface area contributed by atoms with Gasteiger partial charge >= 0.3 is 0 Å². The fourth-order valence-corrected chi connectivity index (χ4v) is 3.62.